The molecule has 0 radical (unpaired) electrons. The first kappa shape index (κ1) is 14.3. The van der Waals surface area contributed by atoms with Crippen LogP contribution in [-0.2, 0) is 9.47 Å². The monoisotopic (exact) mass is 255 g/mol. The van der Waals surface area contributed by atoms with Gasteiger partial charge < -0.3 is 14.8 Å². The van der Waals surface area contributed by atoms with Crippen LogP contribution in [0.1, 0.15) is 58.3 Å². The van der Waals surface area contributed by atoms with Crippen LogP contribution in [-0.4, -0.2) is 38.0 Å². The van der Waals surface area contributed by atoms with E-state index in [1.165, 1.54) is 44.9 Å². The van der Waals surface area contributed by atoms with Crippen molar-refractivity contribution in [2.45, 2.75) is 82.6 Å². The van der Waals surface area contributed by atoms with Gasteiger partial charge in [0.25, 0.3) is 0 Å². The van der Waals surface area contributed by atoms with Crippen molar-refractivity contribution in [1.82, 2.24) is 5.32 Å². The van der Waals surface area contributed by atoms with E-state index in [9.17, 15) is 0 Å². The van der Waals surface area contributed by atoms with Crippen molar-refractivity contribution in [3.05, 3.63) is 0 Å². The second-order valence-electron chi connectivity index (χ2n) is 5.75. The Hall–Kier alpha value is -0.120. The van der Waals surface area contributed by atoms with E-state index in [2.05, 4.69) is 12.2 Å². The van der Waals surface area contributed by atoms with Crippen LogP contribution in [0.5, 0.6) is 0 Å². The summed E-state index contributed by atoms with van der Waals surface area (Å²) in [7, 11) is 1.81. The van der Waals surface area contributed by atoms with Gasteiger partial charge in [0.1, 0.15) is 0 Å². The summed E-state index contributed by atoms with van der Waals surface area (Å²) in [6, 6.07) is 1.21. The zero-order chi connectivity index (χ0) is 12.8. The Balaban J connectivity index is 1.74. The number of methoxy groups -OCH3 is 1. The summed E-state index contributed by atoms with van der Waals surface area (Å²) in [5.74, 6) is 0. The number of rotatable bonds is 5. The molecule has 2 saturated carbocycles. The maximum atomic E-state index is 5.68. The maximum absolute atomic E-state index is 5.68. The summed E-state index contributed by atoms with van der Waals surface area (Å²) in [4.78, 5) is 0. The molecule has 0 heterocycles. The minimum atomic E-state index is 0.260. The third-order valence-electron chi connectivity index (χ3n) is 4.46. The summed E-state index contributed by atoms with van der Waals surface area (Å²) in [6.45, 7) is 2.85. The summed E-state index contributed by atoms with van der Waals surface area (Å²) in [5, 5.41) is 3.81. The van der Waals surface area contributed by atoms with Gasteiger partial charge in [-0.3, -0.25) is 0 Å². The van der Waals surface area contributed by atoms with Gasteiger partial charge in [0.2, 0.25) is 0 Å². The standard InChI is InChI=1S/C15H29NO2/c1-3-18-14-11-13(15(14)17-2)16-12-9-7-5-4-6-8-10-12/h12-16H,3-11H2,1-2H3. The van der Waals surface area contributed by atoms with Crippen LogP contribution in [0.2, 0.25) is 0 Å². The molecule has 18 heavy (non-hydrogen) atoms. The van der Waals surface area contributed by atoms with Gasteiger partial charge in [-0.25, -0.2) is 0 Å². The van der Waals surface area contributed by atoms with Gasteiger partial charge in [0.05, 0.1) is 12.2 Å². The highest BCUT2D eigenvalue weighted by Gasteiger charge is 2.42. The Bertz CT molecular complexity index is 227. The van der Waals surface area contributed by atoms with E-state index in [-0.39, 0.29) is 6.10 Å². The first-order valence-electron chi connectivity index (χ1n) is 7.75. The van der Waals surface area contributed by atoms with Crippen molar-refractivity contribution in [2.75, 3.05) is 13.7 Å². The second-order valence-corrected chi connectivity index (χ2v) is 5.75. The lowest BCUT2D eigenvalue weighted by Crippen LogP contribution is -2.61. The quantitative estimate of drug-likeness (QED) is 0.819. The average molecular weight is 255 g/mol. The molecule has 0 bridgehead atoms. The summed E-state index contributed by atoms with van der Waals surface area (Å²) in [6.07, 6.45) is 11.4. The van der Waals surface area contributed by atoms with Gasteiger partial charge in [0.15, 0.2) is 0 Å². The van der Waals surface area contributed by atoms with Gasteiger partial charge in [0, 0.05) is 25.8 Å². The fraction of sp³-hybridized carbons (Fsp3) is 1.00. The van der Waals surface area contributed by atoms with E-state index < -0.39 is 0 Å². The van der Waals surface area contributed by atoms with Crippen LogP contribution in [0.3, 0.4) is 0 Å². The Morgan fingerprint density at radius 3 is 2.33 bits per heavy atom. The fourth-order valence-corrected chi connectivity index (χ4v) is 3.36. The fourth-order valence-electron chi connectivity index (χ4n) is 3.36. The molecule has 0 aliphatic heterocycles. The molecule has 0 spiro atoms. The minimum Gasteiger partial charge on any atom is -0.377 e. The lowest BCUT2D eigenvalue weighted by Gasteiger charge is -2.45. The number of ether oxygens (including phenoxy) is 2. The molecule has 3 heteroatoms. The molecular formula is C15H29NO2. The first-order chi connectivity index (χ1) is 8.85. The highest BCUT2D eigenvalue weighted by molar-refractivity contribution is 4.98. The van der Waals surface area contributed by atoms with Gasteiger partial charge in [-0.2, -0.15) is 0 Å². The lowest BCUT2D eigenvalue weighted by molar-refractivity contribution is -0.133. The van der Waals surface area contributed by atoms with E-state index in [1.807, 2.05) is 7.11 Å². The molecule has 0 saturated heterocycles. The average Bonchev–Trinajstić information content (AvgIpc) is 2.30. The summed E-state index contributed by atoms with van der Waals surface area (Å²) < 4.78 is 11.3. The maximum Gasteiger partial charge on any atom is 0.0986 e. The van der Waals surface area contributed by atoms with Crippen LogP contribution in [0.25, 0.3) is 0 Å². The molecule has 2 aliphatic carbocycles. The van der Waals surface area contributed by atoms with Crippen molar-refractivity contribution in [2.24, 2.45) is 0 Å². The van der Waals surface area contributed by atoms with E-state index in [1.54, 1.807) is 0 Å². The Morgan fingerprint density at radius 2 is 1.72 bits per heavy atom. The molecule has 3 atom stereocenters. The molecule has 0 aromatic rings. The molecule has 0 aromatic carbocycles. The minimum absolute atomic E-state index is 0.260. The summed E-state index contributed by atoms with van der Waals surface area (Å²) >= 11 is 0. The predicted molar refractivity (Wildman–Crippen MR) is 73.9 cm³/mol. The molecule has 106 valence electrons. The van der Waals surface area contributed by atoms with Gasteiger partial charge in [-0.05, 0) is 26.2 Å². The highest BCUT2D eigenvalue weighted by Crippen LogP contribution is 2.28. The largest absolute Gasteiger partial charge is 0.377 e. The van der Waals surface area contributed by atoms with Gasteiger partial charge in [-0.1, -0.05) is 32.1 Å². The van der Waals surface area contributed by atoms with Crippen LogP contribution in [0.4, 0.5) is 0 Å². The Labute approximate surface area is 112 Å². The molecule has 0 amide bonds. The zero-order valence-corrected chi connectivity index (χ0v) is 12.0. The van der Waals surface area contributed by atoms with Crippen molar-refractivity contribution < 1.29 is 9.47 Å². The summed E-state index contributed by atoms with van der Waals surface area (Å²) in [5.41, 5.74) is 0. The SMILES string of the molecule is CCOC1CC(NC2CCCCCCC2)C1OC. The first-order valence-corrected chi connectivity index (χ1v) is 7.75. The van der Waals surface area contributed by atoms with E-state index >= 15 is 0 Å². The highest BCUT2D eigenvalue weighted by atomic mass is 16.5. The number of hydrogen-bond acceptors (Lipinski definition) is 3. The van der Waals surface area contributed by atoms with Crippen molar-refractivity contribution >= 4 is 0 Å². The normalized spacial score (nSPS) is 34.7. The number of nitrogens with one attached hydrogen (secondary N) is 1. The topological polar surface area (TPSA) is 30.5 Å². The smallest absolute Gasteiger partial charge is 0.0986 e. The third kappa shape index (κ3) is 3.69. The predicted octanol–water partition coefficient (Wildman–Crippen LogP) is 2.88. The van der Waals surface area contributed by atoms with E-state index in [0.29, 0.717) is 18.2 Å². The molecule has 2 rings (SSSR count). The lowest BCUT2D eigenvalue weighted by atomic mass is 9.83. The molecule has 2 aliphatic rings. The Kier molecular flexibility index (Phi) is 5.93. The zero-order valence-electron chi connectivity index (χ0n) is 12.0. The molecule has 3 unspecified atom stereocenters. The van der Waals surface area contributed by atoms with Crippen LogP contribution < -0.4 is 5.32 Å². The molecular weight excluding hydrogens is 226 g/mol. The molecule has 0 aromatic heterocycles. The number of hydrogen-bond donors (Lipinski definition) is 1. The van der Waals surface area contributed by atoms with Crippen LogP contribution in [0, 0.1) is 0 Å². The van der Waals surface area contributed by atoms with Crippen molar-refractivity contribution in [3.8, 4) is 0 Å². The molecule has 1 N–H and O–H groups in total. The third-order valence-corrected chi connectivity index (χ3v) is 4.46. The van der Waals surface area contributed by atoms with Crippen LogP contribution in [0.15, 0.2) is 0 Å². The van der Waals surface area contributed by atoms with E-state index in [0.717, 1.165) is 13.0 Å². The van der Waals surface area contributed by atoms with Gasteiger partial charge in [-0.15, -0.1) is 0 Å². The second kappa shape index (κ2) is 7.46. The van der Waals surface area contributed by atoms with E-state index in [4.69, 9.17) is 9.47 Å². The Morgan fingerprint density at radius 1 is 1.06 bits per heavy atom. The van der Waals surface area contributed by atoms with Gasteiger partial charge >= 0.3 is 0 Å². The van der Waals surface area contributed by atoms with Crippen molar-refractivity contribution in [1.29, 1.82) is 0 Å². The molecule has 2 fully saturated rings. The van der Waals surface area contributed by atoms with Crippen molar-refractivity contribution in [3.63, 3.8) is 0 Å². The molecule has 3 nitrogen and oxygen atoms in total. The van der Waals surface area contributed by atoms with Crippen LogP contribution >= 0.6 is 0 Å².